The Kier molecular flexibility index (Phi) is 6.11. The van der Waals surface area contributed by atoms with E-state index < -0.39 is 40.5 Å². The Morgan fingerprint density at radius 3 is 2.32 bits per heavy atom. The Hall–Kier alpha value is -5.06. The summed E-state index contributed by atoms with van der Waals surface area (Å²) in [5.41, 5.74) is 4.39. The number of aromatic nitrogens is 3. The molecule has 0 aliphatic rings. The fourth-order valence-electron chi connectivity index (χ4n) is 4.11. The number of anilines is 1. The van der Waals surface area contributed by atoms with Crippen LogP contribution in [0.5, 0.6) is 0 Å². The molecule has 3 N–H and O–H groups in total. The molecule has 38 heavy (non-hydrogen) atoms. The van der Waals surface area contributed by atoms with Gasteiger partial charge >= 0.3 is 6.18 Å². The zero-order valence-corrected chi connectivity index (χ0v) is 19.3. The lowest BCUT2D eigenvalue weighted by Crippen LogP contribution is -2.18. The van der Waals surface area contributed by atoms with E-state index in [-0.39, 0.29) is 28.8 Å². The number of fused-ring (bicyclic) bond motifs is 1. The van der Waals surface area contributed by atoms with E-state index in [1.54, 1.807) is 36.4 Å². The molecule has 0 atom stereocenters. The van der Waals surface area contributed by atoms with E-state index in [1.807, 2.05) is 0 Å². The van der Waals surface area contributed by atoms with Crippen molar-refractivity contribution in [1.82, 2.24) is 14.4 Å². The molecular formula is C27H17F4N5O2. The molecule has 0 fully saturated rings. The first-order valence-electron chi connectivity index (χ1n) is 11.1. The molecule has 0 aliphatic heterocycles. The van der Waals surface area contributed by atoms with Crippen LogP contribution in [0.1, 0.15) is 26.4 Å². The molecular weight excluding hydrogens is 502 g/mol. The highest BCUT2D eigenvalue weighted by molar-refractivity contribution is 6.10. The van der Waals surface area contributed by atoms with Gasteiger partial charge in [0.1, 0.15) is 11.5 Å². The van der Waals surface area contributed by atoms with Crippen molar-refractivity contribution in [2.24, 2.45) is 5.73 Å². The van der Waals surface area contributed by atoms with Gasteiger partial charge in [0.05, 0.1) is 28.7 Å². The summed E-state index contributed by atoms with van der Waals surface area (Å²) in [5, 5.41) is 2.58. The van der Waals surface area contributed by atoms with Crippen molar-refractivity contribution in [3.8, 4) is 22.4 Å². The Morgan fingerprint density at radius 1 is 0.921 bits per heavy atom. The number of nitrogens with one attached hydrogen (secondary N) is 1. The first-order valence-corrected chi connectivity index (χ1v) is 11.1. The Balaban J connectivity index is 1.66. The van der Waals surface area contributed by atoms with E-state index in [0.29, 0.717) is 11.1 Å². The van der Waals surface area contributed by atoms with Crippen LogP contribution >= 0.6 is 0 Å². The highest BCUT2D eigenvalue weighted by Crippen LogP contribution is 2.38. The molecule has 2 aromatic carbocycles. The molecule has 0 radical (unpaired) electrons. The lowest BCUT2D eigenvalue weighted by molar-refractivity contribution is -0.137. The minimum atomic E-state index is -4.89. The highest BCUT2D eigenvalue weighted by Gasteiger charge is 2.36. The quantitative estimate of drug-likeness (QED) is 0.296. The topological polar surface area (TPSA) is 102 Å². The minimum Gasteiger partial charge on any atom is -0.364 e. The zero-order chi connectivity index (χ0) is 27.0. The van der Waals surface area contributed by atoms with Gasteiger partial charge in [0, 0.05) is 23.5 Å². The summed E-state index contributed by atoms with van der Waals surface area (Å²) in [6, 6.07) is 15.9. The molecule has 0 aliphatic carbocycles. The van der Waals surface area contributed by atoms with Gasteiger partial charge < -0.3 is 11.1 Å². The zero-order valence-electron chi connectivity index (χ0n) is 19.3. The van der Waals surface area contributed by atoms with Gasteiger partial charge in [-0.25, -0.2) is 9.37 Å². The van der Waals surface area contributed by atoms with E-state index in [4.69, 9.17) is 5.73 Å². The van der Waals surface area contributed by atoms with Gasteiger partial charge in [-0.3, -0.25) is 19.0 Å². The maximum atomic E-state index is 15.0. The number of hydrogen-bond donors (Lipinski definition) is 2. The number of benzene rings is 2. The Morgan fingerprint density at radius 2 is 1.66 bits per heavy atom. The number of hydrogen-bond acceptors (Lipinski definition) is 4. The number of carbonyl (C=O) groups excluding carboxylic acids is 2. The second-order valence-corrected chi connectivity index (χ2v) is 8.22. The molecule has 190 valence electrons. The number of nitrogens with two attached hydrogens (primary N) is 1. The predicted octanol–water partition coefficient (Wildman–Crippen LogP) is 5.57. The molecule has 5 aromatic rings. The van der Waals surface area contributed by atoms with Crippen LogP contribution in [0.3, 0.4) is 0 Å². The normalized spacial score (nSPS) is 11.5. The molecule has 7 nitrogen and oxygen atoms in total. The third-order valence-corrected chi connectivity index (χ3v) is 5.85. The maximum Gasteiger partial charge on any atom is 0.417 e. The number of nitrogens with zero attached hydrogens (tertiary/aromatic N) is 3. The molecule has 5 rings (SSSR count). The molecule has 0 spiro atoms. The third kappa shape index (κ3) is 4.45. The highest BCUT2D eigenvalue weighted by atomic mass is 19.4. The van der Waals surface area contributed by atoms with Crippen LogP contribution in [0.4, 0.5) is 23.2 Å². The molecule has 2 amide bonds. The van der Waals surface area contributed by atoms with Crippen LogP contribution in [-0.2, 0) is 6.18 Å². The van der Waals surface area contributed by atoms with Crippen LogP contribution < -0.4 is 11.1 Å². The summed E-state index contributed by atoms with van der Waals surface area (Å²) in [5.74, 6) is -3.16. The van der Waals surface area contributed by atoms with Gasteiger partial charge in [-0.2, -0.15) is 13.2 Å². The van der Waals surface area contributed by atoms with Crippen LogP contribution in [0.25, 0.3) is 28.0 Å². The monoisotopic (exact) mass is 519 g/mol. The van der Waals surface area contributed by atoms with Gasteiger partial charge in [0.25, 0.3) is 11.8 Å². The Labute approximate surface area is 212 Å². The van der Waals surface area contributed by atoms with E-state index in [0.717, 1.165) is 6.07 Å². The molecule has 0 bridgehead atoms. The van der Waals surface area contributed by atoms with E-state index in [1.165, 1.54) is 41.2 Å². The van der Waals surface area contributed by atoms with Crippen molar-refractivity contribution < 1.29 is 27.2 Å². The summed E-state index contributed by atoms with van der Waals surface area (Å²) in [6.45, 7) is 0. The summed E-state index contributed by atoms with van der Waals surface area (Å²) in [4.78, 5) is 33.3. The summed E-state index contributed by atoms with van der Waals surface area (Å²) < 4.78 is 57.6. The number of pyridine rings is 2. The number of imidazole rings is 1. The molecule has 0 unspecified atom stereocenters. The van der Waals surface area contributed by atoms with Gasteiger partial charge in [-0.1, -0.05) is 36.4 Å². The van der Waals surface area contributed by atoms with Crippen LogP contribution in [0, 0.1) is 5.82 Å². The van der Waals surface area contributed by atoms with Crippen molar-refractivity contribution in [3.05, 3.63) is 108 Å². The molecule has 3 aromatic heterocycles. The predicted molar refractivity (Wildman–Crippen MR) is 132 cm³/mol. The first kappa shape index (κ1) is 24.6. The van der Waals surface area contributed by atoms with Gasteiger partial charge in [0.15, 0.2) is 5.65 Å². The van der Waals surface area contributed by atoms with Gasteiger partial charge in [-0.15, -0.1) is 0 Å². The lowest BCUT2D eigenvalue weighted by Gasteiger charge is -2.17. The number of rotatable bonds is 5. The SMILES string of the molecule is NC(=O)c1cnc2c(NC(=O)c3cc(-c4ccccn4)c(C(F)(F)F)cc3F)c(-c3ccccc3)ccn12. The Bertz CT molecular complexity index is 1680. The van der Waals surface area contributed by atoms with Crippen LogP contribution in [-0.4, -0.2) is 26.2 Å². The fraction of sp³-hybridized carbons (Fsp3) is 0.0370. The van der Waals surface area contributed by atoms with E-state index >= 15 is 4.39 Å². The van der Waals surface area contributed by atoms with Crippen molar-refractivity contribution in [3.63, 3.8) is 0 Å². The molecule has 11 heteroatoms. The second-order valence-electron chi connectivity index (χ2n) is 8.22. The summed E-state index contributed by atoms with van der Waals surface area (Å²) in [6.07, 6.45) is -0.839. The van der Waals surface area contributed by atoms with E-state index in [9.17, 15) is 22.8 Å². The number of carbonyl (C=O) groups is 2. The van der Waals surface area contributed by atoms with Crippen molar-refractivity contribution in [1.29, 1.82) is 0 Å². The van der Waals surface area contributed by atoms with Gasteiger partial charge in [-0.05, 0) is 35.9 Å². The lowest BCUT2D eigenvalue weighted by atomic mass is 9.99. The van der Waals surface area contributed by atoms with Crippen molar-refractivity contribution in [2.75, 3.05) is 5.32 Å². The smallest absolute Gasteiger partial charge is 0.364 e. The number of halogens is 4. The van der Waals surface area contributed by atoms with Crippen LogP contribution in [0.15, 0.2) is 85.3 Å². The largest absolute Gasteiger partial charge is 0.417 e. The summed E-state index contributed by atoms with van der Waals surface area (Å²) >= 11 is 0. The molecule has 3 heterocycles. The minimum absolute atomic E-state index is 0.0354. The molecule has 0 saturated carbocycles. The van der Waals surface area contributed by atoms with E-state index in [2.05, 4.69) is 15.3 Å². The maximum absolute atomic E-state index is 15.0. The van der Waals surface area contributed by atoms with Crippen molar-refractivity contribution >= 4 is 23.1 Å². The number of primary amides is 1. The van der Waals surface area contributed by atoms with Crippen molar-refractivity contribution in [2.45, 2.75) is 6.18 Å². The van der Waals surface area contributed by atoms with Crippen LogP contribution in [0.2, 0.25) is 0 Å². The third-order valence-electron chi connectivity index (χ3n) is 5.85. The average molecular weight is 519 g/mol. The number of alkyl halides is 3. The first-order chi connectivity index (χ1) is 18.1. The summed E-state index contributed by atoms with van der Waals surface area (Å²) in [7, 11) is 0. The van der Waals surface area contributed by atoms with Gasteiger partial charge in [0.2, 0.25) is 0 Å². The standard InChI is InChI=1S/C27H17F4N5O2/c28-20-13-19(27(29,30)31)17(21-8-4-5-10-33-21)12-18(20)26(38)35-23-16(15-6-2-1-3-7-15)9-11-36-22(24(32)37)14-34-25(23)36/h1-14H,(H2,32,37)(H,35,38). The fourth-order valence-corrected chi connectivity index (χ4v) is 4.11. The number of amides is 2. The molecule has 0 saturated heterocycles. The average Bonchev–Trinajstić information content (AvgIpc) is 3.34. The second kappa shape index (κ2) is 9.43.